The highest BCUT2D eigenvalue weighted by Crippen LogP contribution is 2.22. The Balaban J connectivity index is 1.66. The van der Waals surface area contributed by atoms with E-state index in [1.165, 1.54) is 6.33 Å². The third kappa shape index (κ3) is 3.24. The van der Waals surface area contributed by atoms with Gasteiger partial charge in [-0.05, 0) is 24.5 Å². The molecule has 1 aromatic carbocycles. The maximum absolute atomic E-state index is 12.5. The van der Waals surface area contributed by atoms with Gasteiger partial charge < -0.3 is 4.90 Å². The molecule has 1 atom stereocenters. The van der Waals surface area contributed by atoms with Gasteiger partial charge in [-0.2, -0.15) is 5.10 Å². The van der Waals surface area contributed by atoms with Crippen molar-refractivity contribution >= 4 is 17.5 Å². The van der Waals surface area contributed by atoms with Crippen molar-refractivity contribution in [2.24, 2.45) is 0 Å². The number of likely N-dealkylation sites (tertiary alicyclic amines) is 1. The third-order valence-electron chi connectivity index (χ3n) is 3.86. The molecule has 0 N–H and O–H groups in total. The summed E-state index contributed by atoms with van der Waals surface area (Å²) in [4.78, 5) is 18.3. The summed E-state index contributed by atoms with van der Waals surface area (Å²) >= 11 is 6.12. The standard InChI is InChI=1S/C15H17ClN4O/c16-14-6-2-1-4-12(14)8-15(21)19-7-3-5-13(9-19)20-11-17-10-18-20/h1-2,4,6,10-11,13H,3,5,7-9H2/t13-/m1/s1. The minimum absolute atomic E-state index is 0.118. The van der Waals surface area contributed by atoms with Gasteiger partial charge in [0.15, 0.2) is 0 Å². The van der Waals surface area contributed by atoms with Crippen molar-refractivity contribution < 1.29 is 4.79 Å². The van der Waals surface area contributed by atoms with Gasteiger partial charge in [-0.25, -0.2) is 9.67 Å². The van der Waals surface area contributed by atoms with E-state index >= 15 is 0 Å². The number of aromatic nitrogens is 3. The van der Waals surface area contributed by atoms with E-state index < -0.39 is 0 Å². The molecule has 6 heteroatoms. The van der Waals surface area contributed by atoms with Gasteiger partial charge in [0, 0.05) is 18.1 Å². The lowest BCUT2D eigenvalue weighted by atomic mass is 10.0. The van der Waals surface area contributed by atoms with Crippen molar-refractivity contribution in [3.05, 3.63) is 47.5 Å². The fourth-order valence-corrected chi connectivity index (χ4v) is 2.92. The number of carbonyl (C=O) groups excluding carboxylic acids is 1. The number of benzene rings is 1. The van der Waals surface area contributed by atoms with Crippen LogP contribution in [0.1, 0.15) is 24.4 Å². The Morgan fingerprint density at radius 3 is 3.00 bits per heavy atom. The summed E-state index contributed by atoms with van der Waals surface area (Å²) in [5.74, 6) is 0.118. The second-order valence-corrected chi connectivity index (χ2v) is 5.69. The molecule has 2 heterocycles. The average Bonchev–Trinajstić information content (AvgIpc) is 3.04. The van der Waals surface area contributed by atoms with Crippen molar-refractivity contribution in [3.8, 4) is 0 Å². The van der Waals surface area contributed by atoms with Crippen LogP contribution in [0, 0.1) is 0 Å². The zero-order chi connectivity index (χ0) is 14.7. The summed E-state index contributed by atoms with van der Waals surface area (Å²) in [6.07, 6.45) is 5.61. The molecule has 110 valence electrons. The Hall–Kier alpha value is -1.88. The zero-order valence-corrected chi connectivity index (χ0v) is 12.4. The molecule has 1 fully saturated rings. The number of piperidine rings is 1. The van der Waals surface area contributed by atoms with Gasteiger partial charge >= 0.3 is 0 Å². The number of halogens is 1. The number of amides is 1. The van der Waals surface area contributed by atoms with E-state index in [9.17, 15) is 4.79 Å². The maximum atomic E-state index is 12.5. The molecule has 3 rings (SSSR count). The van der Waals surface area contributed by atoms with E-state index in [0.717, 1.165) is 24.9 Å². The topological polar surface area (TPSA) is 51.0 Å². The van der Waals surface area contributed by atoms with Gasteiger partial charge in [-0.15, -0.1) is 0 Å². The number of carbonyl (C=O) groups is 1. The first-order valence-corrected chi connectivity index (χ1v) is 7.47. The lowest BCUT2D eigenvalue weighted by molar-refractivity contribution is -0.132. The van der Waals surface area contributed by atoms with Crippen LogP contribution < -0.4 is 0 Å². The van der Waals surface area contributed by atoms with E-state index in [2.05, 4.69) is 10.1 Å². The van der Waals surface area contributed by atoms with Crippen molar-refractivity contribution in [2.45, 2.75) is 25.3 Å². The molecule has 0 unspecified atom stereocenters. The summed E-state index contributed by atoms with van der Waals surface area (Å²) in [7, 11) is 0. The minimum atomic E-state index is 0.118. The predicted molar refractivity (Wildman–Crippen MR) is 80.0 cm³/mol. The van der Waals surface area contributed by atoms with Crippen molar-refractivity contribution in [2.75, 3.05) is 13.1 Å². The van der Waals surface area contributed by atoms with E-state index in [-0.39, 0.29) is 11.9 Å². The van der Waals surface area contributed by atoms with E-state index in [4.69, 9.17) is 11.6 Å². The van der Waals surface area contributed by atoms with E-state index in [0.29, 0.717) is 18.0 Å². The monoisotopic (exact) mass is 304 g/mol. The molecule has 0 radical (unpaired) electrons. The van der Waals surface area contributed by atoms with Crippen LogP contribution in [0.2, 0.25) is 5.02 Å². The van der Waals surface area contributed by atoms with Crippen molar-refractivity contribution in [1.82, 2.24) is 19.7 Å². The molecule has 0 bridgehead atoms. The number of nitrogens with zero attached hydrogens (tertiary/aromatic N) is 4. The normalized spacial score (nSPS) is 18.7. The summed E-state index contributed by atoms with van der Waals surface area (Å²) in [6.45, 7) is 1.49. The Labute approximate surface area is 128 Å². The molecule has 1 aliphatic heterocycles. The third-order valence-corrected chi connectivity index (χ3v) is 4.23. The molecular formula is C15H17ClN4O. The number of rotatable bonds is 3. The Morgan fingerprint density at radius 2 is 2.24 bits per heavy atom. The second-order valence-electron chi connectivity index (χ2n) is 5.28. The van der Waals surface area contributed by atoms with Gasteiger partial charge in [0.05, 0.1) is 12.5 Å². The highest BCUT2D eigenvalue weighted by atomic mass is 35.5. The molecule has 2 aromatic rings. The molecule has 0 saturated carbocycles. The van der Waals surface area contributed by atoms with Gasteiger partial charge in [-0.1, -0.05) is 29.8 Å². The highest BCUT2D eigenvalue weighted by molar-refractivity contribution is 6.31. The molecule has 1 amide bonds. The molecule has 1 saturated heterocycles. The fourth-order valence-electron chi connectivity index (χ4n) is 2.72. The van der Waals surface area contributed by atoms with Crippen LogP contribution >= 0.6 is 11.6 Å². The van der Waals surface area contributed by atoms with E-state index in [1.54, 1.807) is 6.33 Å². The van der Waals surface area contributed by atoms with Crippen molar-refractivity contribution in [3.63, 3.8) is 0 Å². The van der Waals surface area contributed by atoms with Gasteiger partial charge in [-0.3, -0.25) is 4.79 Å². The SMILES string of the molecule is O=C(Cc1ccccc1Cl)N1CCC[C@@H](n2cncn2)C1. The average molecular weight is 305 g/mol. The highest BCUT2D eigenvalue weighted by Gasteiger charge is 2.25. The second kappa shape index (κ2) is 6.26. The Bertz CT molecular complexity index is 614. The predicted octanol–water partition coefficient (Wildman–Crippen LogP) is 2.34. The summed E-state index contributed by atoms with van der Waals surface area (Å²) in [5, 5.41) is 4.83. The summed E-state index contributed by atoms with van der Waals surface area (Å²) in [6, 6.07) is 7.72. The van der Waals surface area contributed by atoms with Crippen molar-refractivity contribution in [1.29, 1.82) is 0 Å². The maximum Gasteiger partial charge on any atom is 0.227 e. The first kappa shape index (κ1) is 14.1. The first-order valence-electron chi connectivity index (χ1n) is 7.09. The Kier molecular flexibility index (Phi) is 4.20. The lowest BCUT2D eigenvalue weighted by Gasteiger charge is -2.32. The Morgan fingerprint density at radius 1 is 1.38 bits per heavy atom. The lowest BCUT2D eigenvalue weighted by Crippen LogP contribution is -2.41. The molecule has 1 aliphatic rings. The smallest absolute Gasteiger partial charge is 0.227 e. The van der Waals surface area contributed by atoms with Crippen LogP contribution in [0.4, 0.5) is 0 Å². The summed E-state index contributed by atoms with van der Waals surface area (Å²) < 4.78 is 1.84. The fraction of sp³-hybridized carbons (Fsp3) is 0.400. The van der Waals surface area contributed by atoms with Crippen LogP contribution in [-0.4, -0.2) is 38.7 Å². The van der Waals surface area contributed by atoms with Gasteiger partial charge in [0.2, 0.25) is 5.91 Å². The molecule has 5 nitrogen and oxygen atoms in total. The molecule has 1 aromatic heterocycles. The molecule has 21 heavy (non-hydrogen) atoms. The van der Waals surface area contributed by atoms with Crippen LogP contribution in [0.15, 0.2) is 36.9 Å². The molecule has 0 aliphatic carbocycles. The van der Waals surface area contributed by atoms with Crippen LogP contribution in [0.3, 0.4) is 0 Å². The molecular weight excluding hydrogens is 288 g/mol. The van der Waals surface area contributed by atoms with Crippen LogP contribution in [0.25, 0.3) is 0 Å². The largest absolute Gasteiger partial charge is 0.340 e. The quantitative estimate of drug-likeness (QED) is 0.874. The number of hydrogen-bond acceptors (Lipinski definition) is 3. The molecule has 0 spiro atoms. The number of hydrogen-bond donors (Lipinski definition) is 0. The van der Waals surface area contributed by atoms with E-state index in [1.807, 2.05) is 33.8 Å². The minimum Gasteiger partial charge on any atom is -0.340 e. The van der Waals surface area contributed by atoms with Gasteiger partial charge in [0.1, 0.15) is 12.7 Å². The van der Waals surface area contributed by atoms with Gasteiger partial charge in [0.25, 0.3) is 0 Å². The first-order chi connectivity index (χ1) is 10.2. The summed E-state index contributed by atoms with van der Waals surface area (Å²) in [5.41, 5.74) is 0.882. The van der Waals surface area contributed by atoms with Crippen LogP contribution in [-0.2, 0) is 11.2 Å². The zero-order valence-electron chi connectivity index (χ0n) is 11.7. The van der Waals surface area contributed by atoms with Crippen LogP contribution in [0.5, 0.6) is 0 Å².